The highest BCUT2D eigenvalue weighted by atomic mass is 79.9. The first-order valence-corrected chi connectivity index (χ1v) is 7.35. The van der Waals surface area contributed by atoms with Crippen LogP contribution in [-0.4, -0.2) is 15.3 Å². The van der Waals surface area contributed by atoms with Crippen LogP contribution in [0.25, 0.3) is 16.8 Å². The summed E-state index contributed by atoms with van der Waals surface area (Å²) in [5, 5.41) is 2.84. The van der Waals surface area contributed by atoms with Gasteiger partial charge in [-0.25, -0.2) is 4.98 Å². The minimum Gasteiger partial charge on any atom is -0.323 e. The lowest BCUT2D eigenvalue weighted by molar-refractivity contribution is -0.114. The lowest BCUT2D eigenvalue weighted by atomic mass is 10.0. The van der Waals surface area contributed by atoms with Crippen LogP contribution < -0.4 is 5.32 Å². The fourth-order valence-corrected chi connectivity index (χ4v) is 2.70. The lowest BCUT2D eigenvalue weighted by Gasteiger charge is -2.10. The zero-order valence-electron chi connectivity index (χ0n) is 11.7. The fourth-order valence-electron chi connectivity index (χ4n) is 2.32. The van der Waals surface area contributed by atoms with Gasteiger partial charge in [0.2, 0.25) is 5.91 Å². The number of aryl methyl sites for hydroxylation is 1. The van der Waals surface area contributed by atoms with E-state index in [4.69, 9.17) is 0 Å². The van der Waals surface area contributed by atoms with Gasteiger partial charge in [0.1, 0.15) is 4.60 Å². The van der Waals surface area contributed by atoms with Crippen LogP contribution in [0.5, 0.6) is 0 Å². The molecule has 0 bridgehead atoms. The van der Waals surface area contributed by atoms with Gasteiger partial charge in [0.15, 0.2) is 5.65 Å². The van der Waals surface area contributed by atoms with Crippen molar-refractivity contribution in [2.24, 2.45) is 0 Å². The van der Waals surface area contributed by atoms with Gasteiger partial charge < -0.3 is 5.32 Å². The van der Waals surface area contributed by atoms with E-state index >= 15 is 0 Å². The number of nitrogens with zero attached hydrogens (tertiary/aromatic N) is 2. The quantitative estimate of drug-likeness (QED) is 0.763. The van der Waals surface area contributed by atoms with E-state index in [1.165, 1.54) is 12.5 Å². The van der Waals surface area contributed by atoms with E-state index in [0.29, 0.717) is 11.3 Å². The number of rotatable bonds is 2. The second-order valence-corrected chi connectivity index (χ2v) is 5.78. The number of anilines is 1. The van der Waals surface area contributed by atoms with Crippen LogP contribution in [0.1, 0.15) is 12.5 Å². The third-order valence-electron chi connectivity index (χ3n) is 3.22. The standard InChI is InChI=1S/C16H14BrN3O/c1-10-4-3-5-12(6-10)13-7-14(19-11(2)21)16-18-8-15(17)20(16)9-13/h3-9H,1-2H3,(H,19,21). The second kappa shape index (κ2) is 5.33. The maximum Gasteiger partial charge on any atom is 0.221 e. The van der Waals surface area contributed by atoms with Crippen molar-refractivity contribution in [2.45, 2.75) is 13.8 Å². The smallest absolute Gasteiger partial charge is 0.221 e. The molecule has 0 radical (unpaired) electrons. The molecule has 4 nitrogen and oxygen atoms in total. The molecule has 0 aliphatic heterocycles. The van der Waals surface area contributed by atoms with Gasteiger partial charge in [-0.15, -0.1) is 0 Å². The van der Waals surface area contributed by atoms with Crippen LogP contribution in [0.15, 0.2) is 47.3 Å². The van der Waals surface area contributed by atoms with E-state index in [1.807, 2.05) is 22.7 Å². The van der Waals surface area contributed by atoms with Gasteiger partial charge in [-0.05, 0) is 34.5 Å². The lowest BCUT2D eigenvalue weighted by Crippen LogP contribution is -2.07. The van der Waals surface area contributed by atoms with Gasteiger partial charge >= 0.3 is 0 Å². The molecule has 21 heavy (non-hydrogen) atoms. The fraction of sp³-hybridized carbons (Fsp3) is 0.125. The Hall–Kier alpha value is -2.14. The number of imidazole rings is 1. The molecule has 5 heteroatoms. The van der Waals surface area contributed by atoms with Crippen molar-refractivity contribution in [3.63, 3.8) is 0 Å². The maximum absolute atomic E-state index is 11.4. The topological polar surface area (TPSA) is 46.4 Å². The third kappa shape index (κ3) is 2.69. The molecule has 0 fully saturated rings. The van der Waals surface area contributed by atoms with E-state index in [2.05, 4.69) is 51.4 Å². The average molecular weight is 344 g/mol. The van der Waals surface area contributed by atoms with Crippen molar-refractivity contribution >= 4 is 33.2 Å². The van der Waals surface area contributed by atoms with Crippen molar-refractivity contribution < 1.29 is 4.79 Å². The summed E-state index contributed by atoms with van der Waals surface area (Å²) in [6.07, 6.45) is 3.73. The summed E-state index contributed by atoms with van der Waals surface area (Å²) >= 11 is 3.48. The van der Waals surface area contributed by atoms with Crippen molar-refractivity contribution in [2.75, 3.05) is 5.32 Å². The van der Waals surface area contributed by atoms with Gasteiger partial charge in [-0.1, -0.05) is 29.8 Å². The van der Waals surface area contributed by atoms with E-state index < -0.39 is 0 Å². The van der Waals surface area contributed by atoms with Crippen LogP contribution in [0.3, 0.4) is 0 Å². The van der Waals surface area contributed by atoms with E-state index in [-0.39, 0.29) is 5.91 Å². The van der Waals surface area contributed by atoms with Gasteiger partial charge in [0.05, 0.1) is 11.9 Å². The zero-order chi connectivity index (χ0) is 15.0. The Balaban J connectivity index is 2.23. The summed E-state index contributed by atoms with van der Waals surface area (Å²) in [7, 11) is 0. The number of hydrogen-bond acceptors (Lipinski definition) is 2. The number of amides is 1. The Morgan fingerprint density at radius 1 is 1.29 bits per heavy atom. The number of benzene rings is 1. The minimum atomic E-state index is -0.114. The number of fused-ring (bicyclic) bond motifs is 1. The number of carbonyl (C=O) groups is 1. The summed E-state index contributed by atoms with van der Waals surface area (Å²) < 4.78 is 2.77. The second-order valence-electron chi connectivity index (χ2n) is 4.97. The molecule has 1 N–H and O–H groups in total. The van der Waals surface area contributed by atoms with Crippen LogP contribution in [-0.2, 0) is 4.79 Å². The minimum absolute atomic E-state index is 0.114. The molecular formula is C16H14BrN3O. The van der Waals surface area contributed by atoms with Crippen LogP contribution in [0.4, 0.5) is 5.69 Å². The van der Waals surface area contributed by atoms with Gasteiger partial charge in [0.25, 0.3) is 0 Å². The Morgan fingerprint density at radius 2 is 2.10 bits per heavy atom. The first-order valence-electron chi connectivity index (χ1n) is 6.56. The molecule has 0 saturated carbocycles. The molecular weight excluding hydrogens is 330 g/mol. The molecule has 106 valence electrons. The van der Waals surface area contributed by atoms with E-state index in [9.17, 15) is 4.79 Å². The number of pyridine rings is 1. The predicted octanol–water partition coefficient (Wildman–Crippen LogP) is 4.03. The molecule has 0 atom stereocenters. The van der Waals surface area contributed by atoms with Crippen molar-refractivity contribution in [3.8, 4) is 11.1 Å². The molecule has 0 spiro atoms. The van der Waals surface area contributed by atoms with E-state index in [1.54, 1.807) is 6.20 Å². The summed E-state index contributed by atoms with van der Waals surface area (Å²) in [5.41, 5.74) is 4.73. The molecule has 1 amide bonds. The third-order valence-corrected chi connectivity index (χ3v) is 3.81. The number of nitrogens with one attached hydrogen (secondary N) is 1. The summed E-state index contributed by atoms with van der Waals surface area (Å²) in [4.78, 5) is 15.7. The van der Waals surface area contributed by atoms with Crippen molar-refractivity contribution in [3.05, 3.63) is 52.9 Å². The molecule has 3 aromatic rings. The van der Waals surface area contributed by atoms with Crippen LogP contribution >= 0.6 is 15.9 Å². The highest BCUT2D eigenvalue weighted by Gasteiger charge is 2.11. The maximum atomic E-state index is 11.4. The Bertz CT molecular complexity index is 839. The van der Waals surface area contributed by atoms with E-state index in [0.717, 1.165) is 15.7 Å². The summed E-state index contributed by atoms with van der Waals surface area (Å²) in [5.74, 6) is -0.114. The summed E-state index contributed by atoms with van der Waals surface area (Å²) in [6, 6.07) is 10.2. The highest BCUT2D eigenvalue weighted by Crippen LogP contribution is 2.28. The molecule has 0 unspecified atom stereocenters. The van der Waals surface area contributed by atoms with Crippen LogP contribution in [0.2, 0.25) is 0 Å². The average Bonchev–Trinajstić information content (AvgIpc) is 2.80. The van der Waals surface area contributed by atoms with Gasteiger partial charge in [-0.2, -0.15) is 0 Å². The Kier molecular flexibility index (Phi) is 3.51. The number of carbonyl (C=O) groups excluding carboxylic acids is 1. The Labute approximate surface area is 131 Å². The first kappa shape index (κ1) is 13.8. The van der Waals surface area contributed by atoms with Crippen LogP contribution in [0, 0.1) is 6.92 Å². The number of halogens is 1. The number of hydrogen-bond donors (Lipinski definition) is 1. The van der Waals surface area contributed by atoms with Gasteiger partial charge in [0, 0.05) is 18.7 Å². The molecule has 0 saturated heterocycles. The normalized spacial score (nSPS) is 10.8. The first-order chi connectivity index (χ1) is 10.0. The molecule has 0 aliphatic rings. The van der Waals surface area contributed by atoms with Crippen molar-refractivity contribution in [1.29, 1.82) is 0 Å². The molecule has 0 aliphatic carbocycles. The zero-order valence-corrected chi connectivity index (χ0v) is 13.3. The molecule has 1 aromatic carbocycles. The van der Waals surface area contributed by atoms with Gasteiger partial charge in [-0.3, -0.25) is 9.20 Å². The number of aromatic nitrogens is 2. The molecule has 2 aromatic heterocycles. The summed E-state index contributed by atoms with van der Waals surface area (Å²) in [6.45, 7) is 3.55. The Morgan fingerprint density at radius 3 is 2.81 bits per heavy atom. The largest absolute Gasteiger partial charge is 0.323 e. The molecule has 2 heterocycles. The van der Waals surface area contributed by atoms with Crippen molar-refractivity contribution in [1.82, 2.24) is 9.38 Å². The molecule has 3 rings (SSSR count). The predicted molar refractivity (Wildman–Crippen MR) is 87.4 cm³/mol. The highest BCUT2D eigenvalue weighted by molar-refractivity contribution is 9.10. The monoisotopic (exact) mass is 343 g/mol. The SMILES string of the molecule is CC(=O)Nc1cc(-c2cccc(C)c2)cn2c(Br)cnc12.